The number of rotatable bonds is 0. The Labute approximate surface area is 58.0 Å². The predicted octanol–water partition coefficient (Wildman–Crippen LogP) is -0.552. The van der Waals surface area contributed by atoms with Gasteiger partial charge in [0.15, 0.2) is 11.5 Å². The van der Waals surface area contributed by atoms with E-state index in [1.807, 2.05) is 0 Å². The lowest BCUT2D eigenvalue weighted by atomic mass is 10.3. The Morgan fingerprint density at radius 2 is 1.10 bits per heavy atom. The maximum Gasteiger partial charge on any atom is 0.157 e. The van der Waals surface area contributed by atoms with Gasteiger partial charge in [-0.15, -0.1) is 0 Å². The lowest BCUT2D eigenvalue weighted by Crippen LogP contribution is -1.63. The summed E-state index contributed by atoms with van der Waals surface area (Å²) >= 11 is 0. The molecule has 6 N–H and O–H groups in total. The van der Waals surface area contributed by atoms with Crippen molar-refractivity contribution in [3.05, 3.63) is 24.3 Å². The number of hydrogen-bond acceptors (Lipinski definition) is 2. The summed E-state index contributed by atoms with van der Waals surface area (Å²) < 4.78 is 0. The van der Waals surface area contributed by atoms with Crippen molar-refractivity contribution in [1.82, 2.24) is 0 Å². The van der Waals surface area contributed by atoms with E-state index in [1.54, 1.807) is 12.1 Å². The summed E-state index contributed by atoms with van der Waals surface area (Å²) in [6.07, 6.45) is 0. The van der Waals surface area contributed by atoms with Gasteiger partial charge in [-0.3, -0.25) is 0 Å². The van der Waals surface area contributed by atoms with Crippen LogP contribution in [0, 0.1) is 0 Å². The van der Waals surface area contributed by atoms with E-state index < -0.39 is 0 Å². The molecule has 0 aliphatic rings. The van der Waals surface area contributed by atoms with Crippen molar-refractivity contribution in [3.8, 4) is 11.5 Å². The van der Waals surface area contributed by atoms with Gasteiger partial charge in [-0.1, -0.05) is 12.1 Å². The van der Waals surface area contributed by atoms with Crippen LogP contribution >= 0.6 is 0 Å². The molecule has 0 amide bonds. The van der Waals surface area contributed by atoms with Crippen LogP contribution in [0.25, 0.3) is 0 Å². The average molecular weight is 146 g/mol. The van der Waals surface area contributed by atoms with E-state index in [0.29, 0.717) is 0 Å². The van der Waals surface area contributed by atoms with Gasteiger partial charge in [0, 0.05) is 0 Å². The summed E-state index contributed by atoms with van der Waals surface area (Å²) in [6, 6.07) is 6.15. The maximum absolute atomic E-state index is 8.67. The Morgan fingerprint density at radius 3 is 1.30 bits per heavy atom. The number of benzene rings is 1. The van der Waals surface area contributed by atoms with Crippen LogP contribution in [0.3, 0.4) is 0 Å². The fourth-order valence-electron chi connectivity index (χ4n) is 0.464. The zero-order valence-corrected chi connectivity index (χ0v) is 5.20. The van der Waals surface area contributed by atoms with Crippen LogP contribution < -0.4 is 0 Å². The van der Waals surface area contributed by atoms with Crippen molar-refractivity contribution >= 4 is 0 Å². The van der Waals surface area contributed by atoms with Crippen molar-refractivity contribution in [3.63, 3.8) is 0 Å². The first-order valence-electron chi connectivity index (χ1n) is 2.27. The van der Waals surface area contributed by atoms with Gasteiger partial charge < -0.3 is 21.2 Å². The normalized spacial score (nSPS) is 7.20. The SMILES string of the molecule is O.O.Oc1ccccc1O. The largest absolute Gasteiger partial charge is 0.504 e. The van der Waals surface area contributed by atoms with E-state index in [0.717, 1.165) is 0 Å². The molecule has 0 unspecified atom stereocenters. The third-order valence-electron chi connectivity index (χ3n) is 0.882. The number of para-hydroxylation sites is 2. The third kappa shape index (κ3) is 2.34. The summed E-state index contributed by atoms with van der Waals surface area (Å²) in [7, 11) is 0. The van der Waals surface area contributed by atoms with E-state index in [9.17, 15) is 0 Å². The minimum Gasteiger partial charge on any atom is -0.504 e. The van der Waals surface area contributed by atoms with Crippen LogP contribution in [0.2, 0.25) is 0 Å². The Bertz CT molecular complexity index is 166. The number of phenols is 2. The Kier molecular flexibility index (Phi) is 5.31. The Morgan fingerprint density at radius 1 is 0.800 bits per heavy atom. The molecule has 4 heteroatoms. The van der Waals surface area contributed by atoms with Gasteiger partial charge in [-0.25, -0.2) is 0 Å². The van der Waals surface area contributed by atoms with Crippen molar-refractivity contribution in [2.24, 2.45) is 0 Å². The summed E-state index contributed by atoms with van der Waals surface area (Å²) in [4.78, 5) is 0. The van der Waals surface area contributed by atoms with E-state index in [1.165, 1.54) is 12.1 Å². The van der Waals surface area contributed by atoms with Crippen molar-refractivity contribution in [2.45, 2.75) is 0 Å². The molecule has 4 nitrogen and oxygen atoms in total. The zero-order valence-electron chi connectivity index (χ0n) is 5.20. The quantitative estimate of drug-likeness (QED) is 0.479. The van der Waals surface area contributed by atoms with Crippen LogP contribution in [0.1, 0.15) is 0 Å². The van der Waals surface area contributed by atoms with Gasteiger partial charge in [0.2, 0.25) is 0 Å². The third-order valence-corrected chi connectivity index (χ3v) is 0.882. The highest BCUT2D eigenvalue weighted by Crippen LogP contribution is 2.21. The van der Waals surface area contributed by atoms with E-state index >= 15 is 0 Å². The lowest BCUT2D eigenvalue weighted by Gasteiger charge is -1.91. The van der Waals surface area contributed by atoms with Crippen molar-refractivity contribution < 1.29 is 21.2 Å². The van der Waals surface area contributed by atoms with Crippen LogP contribution in [0.15, 0.2) is 24.3 Å². The highest BCUT2D eigenvalue weighted by Gasteiger charge is 1.90. The molecular weight excluding hydrogens is 136 g/mol. The zero-order chi connectivity index (χ0) is 5.98. The van der Waals surface area contributed by atoms with Crippen LogP contribution in [0.5, 0.6) is 11.5 Å². The Balaban J connectivity index is 0. The molecule has 0 fully saturated rings. The first-order valence-corrected chi connectivity index (χ1v) is 2.27. The highest BCUT2D eigenvalue weighted by atomic mass is 16.3. The summed E-state index contributed by atoms with van der Waals surface area (Å²) in [6.45, 7) is 0. The number of hydrogen-bond donors (Lipinski definition) is 2. The minimum absolute atomic E-state index is 0. The second kappa shape index (κ2) is 4.60. The van der Waals surface area contributed by atoms with Gasteiger partial charge in [0.05, 0.1) is 0 Å². The molecule has 0 spiro atoms. The second-order valence-corrected chi connectivity index (χ2v) is 1.49. The Hall–Kier alpha value is -1.26. The molecule has 0 aromatic heterocycles. The molecule has 1 rings (SSSR count). The van der Waals surface area contributed by atoms with E-state index in [2.05, 4.69) is 0 Å². The molecule has 0 atom stereocenters. The standard InChI is InChI=1S/C6H6O2.2H2O/c7-5-3-1-2-4-6(5)8;;/h1-4,7-8H;2*1H2. The van der Waals surface area contributed by atoms with Gasteiger partial charge in [0.1, 0.15) is 0 Å². The molecule has 1 aromatic rings. The number of aromatic hydroxyl groups is 2. The van der Waals surface area contributed by atoms with E-state index in [4.69, 9.17) is 10.2 Å². The molecule has 0 aliphatic heterocycles. The molecule has 0 saturated carbocycles. The monoisotopic (exact) mass is 146 g/mol. The molecule has 1 aromatic carbocycles. The van der Waals surface area contributed by atoms with Gasteiger partial charge >= 0.3 is 0 Å². The topological polar surface area (TPSA) is 103 Å². The summed E-state index contributed by atoms with van der Waals surface area (Å²) in [5, 5.41) is 17.3. The smallest absolute Gasteiger partial charge is 0.157 e. The molecule has 58 valence electrons. The van der Waals surface area contributed by atoms with Gasteiger partial charge in [0.25, 0.3) is 0 Å². The fraction of sp³-hybridized carbons (Fsp3) is 0. The lowest BCUT2D eigenvalue weighted by molar-refractivity contribution is 0.404. The van der Waals surface area contributed by atoms with Crippen molar-refractivity contribution in [2.75, 3.05) is 0 Å². The maximum atomic E-state index is 8.67. The minimum atomic E-state index is -0.0764. The first kappa shape index (κ1) is 11.5. The van der Waals surface area contributed by atoms with Crippen LogP contribution in [0.4, 0.5) is 0 Å². The van der Waals surface area contributed by atoms with Crippen molar-refractivity contribution in [1.29, 1.82) is 0 Å². The predicted molar refractivity (Wildman–Crippen MR) is 37.0 cm³/mol. The molecule has 0 heterocycles. The average Bonchev–Trinajstić information content (AvgIpc) is 1.77. The first-order chi connectivity index (χ1) is 3.80. The highest BCUT2D eigenvalue weighted by molar-refractivity contribution is 5.36. The second-order valence-electron chi connectivity index (χ2n) is 1.49. The number of phenolic OH excluding ortho intramolecular Hbond substituents is 2. The summed E-state index contributed by atoms with van der Waals surface area (Å²) in [5.74, 6) is -0.153. The van der Waals surface area contributed by atoms with Gasteiger partial charge in [-0.05, 0) is 12.1 Å². The molecular formula is C6H10O4. The van der Waals surface area contributed by atoms with Gasteiger partial charge in [-0.2, -0.15) is 0 Å². The van der Waals surface area contributed by atoms with Crippen LogP contribution in [-0.2, 0) is 0 Å². The molecule has 10 heavy (non-hydrogen) atoms. The summed E-state index contributed by atoms with van der Waals surface area (Å²) in [5.41, 5.74) is 0. The fourth-order valence-corrected chi connectivity index (χ4v) is 0.464. The molecule has 0 bridgehead atoms. The molecule has 0 saturated heterocycles. The van der Waals surface area contributed by atoms with E-state index in [-0.39, 0.29) is 22.5 Å². The molecule has 0 aliphatic carbocycles. The molecule has 0 radical (unpaired) electrons. The van der Waals surface area contributed by atoms with Crippen LogP contribution in [-0.4, -0.2) is 21.2 Å².